The molecule has 0 atom stereocenters. The Balaban J connectivity index is 1.44. The van der Waals surface area contributed by atoms with Crippen LogP contribution in [0.4, 0.5) is 19.1 Å². The van der Waals surface area contributed by atoms with E-state index in [1.54, 1.807) is 0 Å². The molecule has 0 radical (unpaired) electrons. The summed E-state index contributed by atoms with van der Waals surface area (Å²) in [6.45, 7) is 5.03. The average Bonchev–Trinajstić information content (AvgIpc) is 3.11. The highest BCUT2D eigenvalue weighted by atomic mass is 19.4. The van der Waals surface area contributed by atoms with E-state index in [9.17, 15) is 18.0 Å². The minimum Gasteiger partial charge on any atom is -0.342 e. The molecule has 4 heterocycles. The van der Waals surface area contributed by atoms with Crippen molar-refractivity contribution in [2.45, 2.75) is 38.8 Å². The summed E-state index contributed by atoms with van der Waals surface area (Å²) in [5, 5.41) is 8.07. The predicted molar refractivity (Wildman–Crippen MR) is 97.9 cm³/mol. The van der Waals surface area contributed by atoms with E-state index in [4.69, 9.17) is 0 Å². The molecule has 2 aromatic heterocycles. The summed E-state index contributed by atoms with van der Waals surface area (Å²) < 4.78 is 40.5. The van der Waals surface area contributed by atoms with Crippen LogP contribution in [0.15, 0.2) is 18.3 Å². The predicted octanol–water partition coefficient (Wildman–Crippen LogP) is 3.22. The number of pyridine rings is 1. The minimum absolute atomic E-state index is 0.0189. The Bertz CT molecular complexity index is 849. The van der Waals surface area contributed by atoms with E-state index in [0.717, 1.165) is 38.2 Å². The van der Waals surface area contributed by atoms with Crippen molar-refractivity contribution in [2.24, 2.45) is 11.8 Å². The van der Waals surface area contributed by atoms with Crippen molar-refractivity contribution in [3.63, 3.8) is 0 Å². The first-order valence-electron chi connectivity index (χ1n) is 9.78. The zero-order valence-corrected chi connectivity index (χ0v) is 15.8. The SMILES string of the molecule is CC1CCN(C(=O)C2CCN(c3nnc4ccc(C(F)(F)F)cn34)CC2)CC1. The van der Waals surface area contributed by atoms with Crippen molar-refractivity contribution in [2.75, 3.05) is 31.1 Å². The van der Waals surface area contributed by atoms with Crippen LogP contribution in [-0.2, 0) is 11.0 Å². The van der Waals surface area contributed by atoms with Crippen LogP contribution in [0.3, 0.4) is 0 Å². The molecule has 4 rings (SSSR count). The zero-order valence-electron chi connectivity index (χ0n) is 15.8. The van der Waals surface area contributed by atoms with Gasteiger partial charge >= 0.3 is 6.18 Å². The first-order valence-corrected chi connectivity index (χ1v) is 9.78. The van der Waals surface area contributed by atoms with Crippen molar-refractivity contribution >= 4 is 17.5 Å². The van der Waals surface area contributed by atoms with E-state index >= 15 is 0 Å². The summed E-state index contributed by atoms with van der Waals surface area (Å²) in [6.07, 6.45) is 0.0884. The third kappa shape index (κ3) is 3.66. The molecule has 0 spiro atoms. The largest absolute Gasteiger partial charge is 0.417 e. The van der Waals surface area contributed by atoms with E-state index in [2.05, 4.69) is 17.1 Å². The highest BCUT2D eigenvalue weighted by Crippen LogP contribution is 2.31. The van der Waals surface area contributed by atoms with Gasteiger partial charge in [-0.05, 0) is 43.7 Å². The number of carbonyl (C=O) groups excluding carboxylic acids is 1. The van der Waals surface area contributed by atoms with E-state index in [-0.39, 0.29) is 11.8 Å². The molecular weight excluding hydrogens is 371 g/mol. The summed E-state index contributed by atoms with van der Waals surface area (Å²) in [6, 6.07) is 2.34. The smallest absolute Gasteiger partial charge is 0.342 e. The number of hydrogen-bond donors (Lipinski definition) is 0. The topological polar surface area (TPSA) is 53.7 Å². The number of alkyl halides is 3. The number of fused-ring (bicyclic) bond motifs is 1. The number of rotatable bonds is 2. The molecular formula is C19H24F3N5O. The monoisotopic (exact) mass is 395 g/mol. The van der Waals surface area contributed by atoms with E-state index in [1.165, 1.54) is 10.5 Å². The van der Waals surface area contributed by atoms with Gasteiger partial charge in [0.15, 0.2) is 5.65 Å². The van der Waals surface area contributed by atoms with Gasteiger partial charge in [-0.15, -0.1) is 10.2 Å². The molecule has 0 aliphatic carbocycles. The standard InChI is InChI=1S/C19H24F3N5O/c1-13-4-8-25(9-5-13)17(28)14-6-10-26(11-7-14)18-24-23-16-3-2-15(12-27(16)18)19(20,21)22/h2-3,12-14H,4-11H2,1H3. The van der Waals surface area contributed by atoms with E-state index in [0.29, 0.717) is 43.4 Å². The number of hydrogen-bond acceptors (Lipinski definition) is 4. The molecule has 0 bridgehead atoms. The van der Waals surface area contributed by atoms with Crippen molar-refractivity contribution in [1.29, 1.82) is 0 Å². The Morgan fingerprint density at radius 1 is 1.04 bits per heavy atom. The fraction of sp³-hybridized carbons (Fsp3) is 0.632. The summed E-state index contributed by atoms with van der Waals surface area (Å²) >= 11 is 0. The molecule has 152 valence electrons. The van der Waals surface area contributed by atoms with Gasteiger partial charge < -0.3 is 9.80 Å². The summed E-state index contributed by atoms with van der Waals surface area (Å²) in [5.74, 6) is 1.28. The number of amides is 1. The van der Waals surface area contributed by atoms with Gasteiger partial charge in [-0.3, -0.25) is 9.20 Å². The normalized spacial score (nSPS) is 20.1. The van der Waals surface area contributed by atoms with Crippen LogP contribution in [0.25, 0.3) is 5.65 Å². The van der Waals surface area contributed by atoms with Crippen molar-refractivity contribution < 1.29 is 18.0 Å². The quantitative estimate of drug-likeness (QED) is 0.784. The zero-order chi connectivity index (χ0) is 19.9. The Hall–Kier alpha value is -2.32. The van der Waals surface area contributed by atoms with Gasteiger partial charge in [0.05, 0.1) is 5.56 Å². The first kappa shape index (κ1) is 19.0. The number of nitrogens with zero attached hydrogens (tertiary/aromatic N) is 5. The maximum atomic E-state index is 13.0. The van der Waals surface area contributed by atoms with Gasteiger partial charge in [0.2, 0.25) is 11.9 Å². The highest BCUT2D eigenvalue weighted by molar-refractivity contribution is 5.79. The van der Waals surface area contributed by atoms with Crippen LogP contribution >= 0.6 is 0 Å². The van der Waals surface area contributed by atoms with Crippen LogP contribution in [-0.4, -0.2) is 51.6 Å². The minimum atomic E-state index is -4.42. The molecule has 2 aliphatic heterocycles. The second kappa shape index (κ2) is 7.25. The number of aromatic nitrogens is 3. The Kier molecular flexibility index (Phi) is 4.93. The Labute approximate surface area is 161 Å². The molecule has 0 aromatic carbocycles. The number of anilines is 1. The lowest BCUT2D eigenvalue weighted by molar-refractivity contribution is -0.138. The van der Waals surface area contributed by atoms with Crippen molar-refractivity contribution in [3.05, 3.63) is 23.9 Å². The van der Waals surface area contributed by atoms with E-state index in [1.807, 2.05) is 9.80 Å². The summed E-state index contributed by atoms with van der Waals surface area (Å²) in [4.78, 5) is 16.7. The Morgan fingerprint density at radius 3 is 2.36 bits per heavy atom. The van der Waals surface area contributed by atoms with Crippen molar-refractivity contribution in [3.8, 4) is 0 Å². The number of piperidine rings is 2. The van der Waals surface area contributed by atoms with Crippen molar-refractivity contribution in [1.82, 2.24) is 19.5 Å². The molecule has 0 unspecified atom stereocenters. The van der Waals surface area contributed by atoms with Gasteiger partial charge in [0.1, 0.15) is 0 Å². The molecule has 6 nitrogen and oxygen atoms in total. The maximum Gasteiger partial charge on any atom is 0.417 e. The lowest BCUT2D eigenvalue weighted by atomic mass is 9.93. The molecule has 2 aromatic rings. The lowest BCUT2D eigenvalue weighted by Crippen LogP contribution is -2.45. The van der Waals surface area contributed by atoms with Gasteiger partial charge in [-0.2, -0.15) is 13.2 Å². The average molecular weight is 395 g/mol. The second-order valence-corrected chi connectivity index (χ2v) is 7.91. The highest BCUT2D eigenvalue weighted by Gasteiger charge is 2.33. The van der Waals surface area contributed by atoms with Gasteiger partial charge in [0, 0.05) is 38.3 Å². The van der Waals surface area contributed by atoms with Crippen LogP contribution in [0.5, 0.6) is 0 Å². The molecule has 9 heteroatoms. The molecule has 2 saturated heterocycles. The number of carbonyl (C=O) groups is 1. The molecule has 0 N–H and O–H groups in total. The maximum absolute atomic E-state index is 13.0. The van der Waals surface area contributed by atoms with Crippen LogP contribution in [0.2, 0.25) is 0 Å². The van der Waals surface area contributed by atoms with E-state index < -0.39 is 11.7 Å². The Morgan fingerprint density at radius 2 is 1.71 bits per heavy atom. The van der Waals surface area contributed by atoms with Crippen LogP contribution < -0.4 is 4.90 Å². The fourth-order valence-electron chi connectivity index (χ4n) is 4.08. The molecule has 28 heavy (non-hydrogen) atoms. The van der Waals surface area contributed by atoms with Gasteiger partial charge in [-0.1, -0.05) is 6.92 Å². The van der Waals surface area contributed by atoms with Crippen LogP contribution in [0.1, 0.15) is 38.2 Å². The summed E-state index contributed by atoms with van der Waals surface area (Å²) in [5.41, 5.74) is -0.353. The molecule has 2 aliphatic rings. The summed E-state index contributed by atoms with van der Waals surface area (Å²) in [7, 11) is 0. The molecule has 1 amide bonds. The third-order valence-corrected chi connectivity index (χ3v) is 5.93. The number of halogens is 3. The molecule has 0 saturated carbocycles. The number of likely N-dealkylation sites (tertiary alicyclic amines) is 1. The lowest BCUT2D eigenvalue weighted by Gasteiger charge is -2.36. The first-order chi connectivity index (χ1) is 13.3. The van der Waals surface area contributed by atoms with Gasteiger partial charge in [-0.25, -0.2) is 0 Å². The third-order valence-electron chi connectivity index (χ3n) is 5.93. The fourth-order valence-corrected chi connectivity index (χ4v) is 4.08. The van der Waals surface area contributed by atoms with Gasteiger partial charge in [0.25, 0.3) is 0 Å². The second-order valence-electron chi connectivity index (χ2n) is 7.91. The van der Waals surface area contributed by atoms with Crippen LogP contribution in [0, 0.1) is 11.8 Å². The molecule has 2 fully saturated rings.